The van der Waals surface area contributed by atoms with E-state index in [1.165, 1.54) is 16.0 Å². The molecular weight excluding hydrogens is 272 g/mol. The predicted molar refractivity (Wildman–Crippen MR) is 68.2 cm³/mol. The summed E-state index contributed by atoms with van der Waals surface area (Å²) in [7, 11) is 0. The van der Waals surface area contributed by atoms with Crippen molar-refractivity contribution in [3.05, 3.63) is 44.9 Å². The molecule has 0 bridgehead atoms. The summed E-state index contributed by atoms with van der Waals surface area (Å²) in [5.74, 6) is 0. The molecule has 78 valence electrons. The molecule has 0 amide bonds. The number of nitrogen functional groups attached to an aromatic ring is 1. The fraction of sp³-hybridized carbons (Fsp3) is 0.182. The summed E-state index contributed by atoms with van der Waals surface area (Å²) in [5, 5.41) is 0.637. The number of nitrogens with two attached hydrogens (primary N) is 1. The maximum absolute atomic E-state index is 5.60. The number of rotatable bonds is 2. The highest BCUT2D eigenvalue weighted by molar-refractivity contribution is 9.10. The van der Waals surface area contributed by atoms with E-state index in [1.54, 1.807) is 11.3 Å². The first-order chi connectivity index (χ1) is 7.15. The zero-order valence-corrected chi connectivity index (χ0v) is 10.7. The number of thiazole rings is 1. The Balaban J connectivity index is 2.27. The van der Waals surface area contributed by atoms with Gasteiger partial charge in [-0.2, -0.15) is 0 Å². The second kappa shape index (κ2) is 4.33. The monoisotopic (exact) mass is 282 g/mol. The van der Waals surface area contributed by atoms with Crippen LogP contribution < -0.4 is 5.73 Å². The second-order valence-corrected chi connectivity index (χ2v) is 5.47. The molecule has 0 radical (unpaired) electrons. The largest absolute Gasteiger partial charge is 0.375 e. The molecule has 2 rings (SSSR count). The van der Waals surface area contributed by atoms with Crippen molar-refractivity contribution in [2.45, 2.75) is 13.3 Å². The van der Waals surface area contributed by atoms with Crippen molar-refractivity contribution in [2.24, 2.45) is 0 Å². The van der Waals surface area contributed by atoms with Gasteiger partial charge in [0.15, 0.2) is 5.13 Å². The van der Waals surface area contributed by atoms with Gasteiger partial charge in [-0.3, -0.25) is 0 Å². The van der Waals surface area contributed by atoms with Gasteiger partial charge in [0.25, 0.3) is 0 Å². The number of benzene rings is 1. The van der Waals surface area contributed by atoms with E-state index in [4.69, 9.17) is 5.73 Å². The summed E-state index contributed by atoms with van der Waals surface area (Å²) in [5.41, 5.74) is 8.21. The summed E-state index contributed by atoms with van der Waals surface area (Å²) >= 11 is 5.03. The number of aryl methyl sites for hydroxylation is 1. The van der Waals surface area contributed by atoms with Gasteiger partial charge in [-0.15, -0.1) is 11.3 Å². The van der Waals surface area contributed by atoms with Crippen LogP contribution in [0.15, 0.2) is 28.9 Å². The normalized spacial score (nSPS) is 10.5. The van der Waals surface area contributed by atoms with Crippen molar-refractivity contribution in [1.82, 2.24) is 4.98 Å². The summed E-state index contributed by atoms with van der Waals surface area (Å²) in [6, 6.07) is 6.31. The summed E-state index contributed by atoms with van der Waals surface area (Å²) in [6.45, 7) is 2.12. The van der Waals surface area contributed by atoms with E-state index in [0.29, 0.717) is 5.13 Å². The Hall–Kier alpha value is -0.870. The highest BCUT2D eigenvalue weighted by Gasteiger charge is 2.04. The Morgan fingerprint density at radius 1 is 1.47 bits per heavy atom. The molecule has 0 atom stereocenters. The molecule has 1 aromatic carbocycles. The zero-order chi connectivity index (χ0) is 10.8. The van der Waals surface area contributed by atoms with E-state index in [0.717, 1.165) is 10.9 Å². The molecule has 2 N–H and O–H groups in total. The van der Waals surface area contributed by atoms with Gasteiger partial charge < -0.3 is 5.73 Å². The smallest absolute Gasteiger partial charge is 0.180 e. The molecule has 0 saturated heterocycles. The molecule has 0 unspecified atom stereocenters. The molecular formula is C11H11BrN2S. The molecule has 0 aliphatic rings. The third-order valence-electron chi connectivity index (χ3n) is 2.25. The van der Waals surface area contributed by atoms with E-state index >= 15 is 0 Å². The number of hydrogen-bond acceptors (Lipinski definition) is 3. The van der Waals surface area contributed by atoms with Crippen molar-refractivity contribution in [3.8, 4) is 0 Å². The summed E-state index contributed by atoms with van der Waals surface area (Å²) < 4.78 is 1.11. The van der Waals surface area contributed by atoms with Crippen LogP contribution in [0.1, 0.15) is 16.0 Å². The Bertz CT molecular complexity index is 479. The van der Waals surface area contributed by atoms with Crippen molar-refractivity contribution in [3.63, 3.8) is 0 Å². The van der Waals surface area contributed by atoms with E-state index in [1.807, 2.05) is 6.20 Å². The maximum atomic E-state index is 5.60. The third kappa shape index (κ3) is 2.58. The molecule has 0 spiro atoms. The number of anilines is 1. The molecule has 0 fully saturated rings. The highest BCUT2D eigenvalue weighted by atomic mass is 79.9. The van der Waals surface area contributed by atoms with Gasteiger partial charge >= 0.3 is 0 Å². The summed E-state index contributed by atoms with van der Waals surface area (Å²) in [6.07, 6.45) is 2.75. The number of hydrogen-bond donors (Lipinski definition) is 1. The molecule has 15 heavy (non-hydrogen) atoms. The Kier molecular flexibility index (Phi) is 3.07. The average molecular weight is 283 g/mol. The van der Waals surface area contributed by atoms with Crippen LogP contribution in [0.3, 0.4) is 0 Å². The first-order valence-electron chi connectivity index (χ1n) is 4.60. The Morgan fingerprint density at radius 3 is 2.93 bits per heavy atom. The molecule has 1 aromatic heterocycles. The lowest BCUT2D eigenvalue weighted by atomic mass is 10.1. The minimum atomic E-state index is 0.637. The Labute approximate surface area is 101 Å². The quantitative estimate of drug-likeness (QED) is 0.917. The first kappa shape index (κ1) is 10.6. The fourth-order valence-corrected chi connectivity index (χ4v) is 2.54. The van der Waals surface area contributed by atoms with Gasteiger partial charge in [-0.25, -0.2) is 4.98 Å². The van der Waals surface area contributed by atoms with Gasteiger partial charge in [-0.1, -0.05) is 22.0 Å². The van der Waals surface area contributed by atoms with Crippen LogP contribution in [-0.4, -0.2) is 4.98 Å². The van der Waals surface area contributed by atoms with Gasteiger partial charge in [-0.05, 0) is 30.2 Å². The lowest BCUT2D eigenvalue weighted by Gasteiger charge is -2.04. The molecule has 2 nitrogen and oxygen atoms in total. The van der Waals surface area contributed by atoms with Crippen molar-refractivity contribution in [2.75, 3.05) is 5.73 Å². The van der Waals surface area contributed by atoms with Crippen LogP contribution in [0.5, 0.6) is 0 Å². The summed E-state index contributed by atoms with van der Waals surface area (Å²) in [4.78, 5) is 5.25. The van der Waals surface area contributed by atoms with Crippen LogP contribution in [0.4, 0.5) is 5.13 Å². The topological polar surface area (TPSA) is 38.9 Å². The number of nitrogens with zero attached hydrogens (tertiary/aromatic N) is 1. The molecule has 1 heterocycles. The number of halogens is 1. The van der Waals surface area contributed by atoms with Crippen LogP contribution in [0.2, 0.25) is 0 Å². The maximum Gasteiger partial charge on any atom is 0.180 e. The minimum absolute atomic E-state index is 0.637. The second-order valence-electron chi connectivity index (χ2n) is 3.41. The molecule has 0 saturated carbocycles. The molecule has 4 heteroatoms. The van der Waals surface area contributed by atoms with Crippen LogP contribution in [0.25, 0.3) is 0 Å². The number of aromatic nitrogens is 1. The SMILES string of the molecule is Cc1ccc(Br)cc1Cc1cnc(N)s1. The Morgan fingerprint density at radius 2 is 2.27 bits per heavy atom. The zero-order valence-electron chi connectivity index (χ0n) is 8.33. The van der Waals surface area contributed by atoms with Crippen LogP contribution in [-0.2, 0) is 6.42 Å². The molecule has 0 aliphatic heterocycles. The average Bonchev–Trinajstić information content (AvgIpc) is 2.58. The molecule has 0 aliphatic carbocycles. The van der Waals surface area contributed by atoms with E-state index in [9.17, 15) is 0 Å². The third-order valence-corrected chi connectivity index (χ3v) is 3.57. The van der Waals surface area contributed by atoms with Crippen LogP contribution >= 0.6 is 27.3 Å². The van der Waals surface area contributed by atoms with Crippen LogP contribution in [0, 0.1) is 6.92 Å². The van der Waals surface area contributed by atoms with Gasteiger partial charge in [0.05, 0.1) is 0 Å². The fourth-order valence-electron chi connectivity index (χ4n) is 1.42. The van der Waals surface area contributed by atoms with Crippen molar-refractivity contribution < 1.29 is 0 Å². The minimum Gasteiger partial charge on any atom is -0.375 e. The predicted octanol–water partition coefficient (Wildman–Crippen LogP) is 3.39. The van der Waals surface area contributed by atoms with E-state index < -0.39 is 0 Å². The standard InChI is InChI=1S/C11H11BrN2S/c1-7-2-3-9(12)4-8(7)5-10-6-14-11(13)15-10/h2-4,6H,5H2,1H3,(H2,13,14). The van der Waals surface area contributed by atoms with Crippen molar-refractivity contribution >= 4 is 32.4 Å². The lowest BCUT2D eigenvalue weighted by Crippen LogP contribution is -1.89. The van der Waals surface area contributed by atoms with Gasteiger partial charge in [0.1, 0.15) is 0 Å². The first-order valence-corrected chi connectivity index (χ1v) is 6.21. The molecule has 2 aromatic rings. The van der Waals surface area contributed by atoms with Gasteiger partial charge in [0, 0.05) is 22.0 Å². The lowest BCUT2D eigenvalue weighted by molar-refractivity contribution is 1.17. The van der Waals surface area contributed by atoms with Gasteiger partial charge in [0.2, 0.25) is 0 Å². The van der Waals surface area contributed by atoms with E-state index in [-0.39, 0.29) is 0 Å². The van der Waals surface area contributed by atoms with E-state index in [2.05, 4.69) is 46.0 Å². The highest BCUT2D eigenvalue weighted by Crippen LogP contribution is 2.22. The van der Waals surface area contributed by atoms with Crippen molar-refractivity contribution in [1.29, 1.82) is 0 Å².